The summed E-state index contributed by atoms with van der Waals surface area (Å²) in [7, 11) is 0. The molecule has 0 radical (unpaired) electrons. The third kappa shape index (κ3) is 3.13. The quantitative estimate of drug-likeness (QED) is 0.467. The number of thiophene rings is 1. The van der Waals surface area contributed by atoms with Crippen LogP contribution in [0.4, 0.5) is 11.6 Å². The lowest BCUT2D eigenvalue weighted by Crippen LogP contribution is -2.14. The number of anilines is 2. The predicted octanol–water partition coefficient (Wildman–Crippen LogP) is 0.969. The normalized spacial score (nSPS) is 12.1. The smallest absolute Gasteiger partial charge is 0.160 e. The van der Waals surface area contributed by atoms with Crippen molar-refractivity contribution in [1.82, 2.24) is 9.97 Å². The molecule has 90 valence electrons. The van der Waals surface area contributed by atoms with Gasteiger partial charge in [0, 0.05) is 6.54 Å². The fourth-order valence-electron chi connectivity index (χ4n) is 1.30. The average Bonchev–Trinajstić information content (AvgIpc) is 2.90. The predicted molar refractivity (Wildman–Crippen MR) is 67.6 cm³/mol. The van der Waals surface area contributed by atoms with Gasteiger partial charge in [-0.25, -0.2) is 10.8 Å². The molecule has 2 aromatic heterocycles. The van der Waals surface area contributed by atoms with E-state index in [-0.39, 0.29) is 0 Å². The molecule has 0 saturated carbocycles. The van der Waals surface area contributed by atoms with Crippen molar-refractivity contribution < 1.29 is 5.11 Å². The van der Waals surface area contributed by atoms with Crippen LogP contribution in [0.3, 0.4) is 0 Å². The van der Waals surface area contributed by atoms with E-state index in [1.165, 1.54) is 6.20 Å². The van der Waals surface area contributed by atoms with Crippen LogP contribution < -0.4 is 16.6 Å². The molecule has 7 heteroatoms. The van der Waals surface area contributed by atoms with Gasteiger partial charge >= 0.3 is 0 Å². The summed E-state index contributed by atoms with van der Waals surface area (Å²) in [5.41, 5.74) is 3.30. The minimum Gasteiger partial charge on any atom is -0.387 e. The zero-order valence-corrected chi connectivity index (χ0v) is 9.81. The fraction of sp³-hybridized carbons (Fsp3) is 0.200. The largest absolute Gasteiger partial charge is 0.387 e. The highest BCUT2D eigenvalue weighted by atomic mass is 32.1. The summed E-state index contributed by atoms with van der Waals surface area (Å²) < 4.78 is 0. The summed E-state index contributed by atoms with van der Waals surface area (Å²) in [4.78, 5) is 8.08. The van der Waals surface area contributed by atoms with Crippen LogP contribution in [0.15, 0.2) is 29.2 Å². The van der Waals surface area contributed by atoms with Gasteiger partial charge in [-0.05, 0) is 22.4 Å². The summed E-state index contributed by atoms with van der Waals surface area (Å²) in [5.74, 6) is 6.26. The Hall–Kier alpha value is -1.70. The third-order valence-corrected chi connectivity index (χ3v) is 2.89. The minimum atomic E-state index is -0.558. The topological polar surface area (TPSA) is 96.1 Å². The van der Waals surface area contributed by atoms with Crippen LogP contribution >= 0.6 is 11.3 Å². The van der Waals surface area contributed by atoms with E-state index >= 15 is 0 Å². The second kappa shape index (κ2) is 5.58. The number of nitrogens with one attached hydrogen (secondary N) is 2. The summed E-state index contributed by atoms with van der Waals surface area (Å²) >= 11 is 1.55. The van der Waals surface area contributed by atoms with Crippen molar-refractivity contribution in [2.45, 2.75) is 6.10 Å². The molecule has 6 nitrogen and oxygen atoms in total. The number of nitrogen functional groups attached to an aromatic ring is 1. The van der Waals surface area contributed by atoms with Crippen LogP contribution in [-0.4, -0.2) is 21.6 Å². The van der Waals surface area contributed by atoms with E-state index in [1.807, 2.05) is 16.8 Å². The summed E-state index contributed by atoms with van der Waals surface area (Å²) in [6.45, 7) is 0.374. The molecular formula is C10H13N5OS. The third-order valence-electron chi connectivity index (χ3n) is 2.19. The molecule has 0 aromatic carbocycles. The Morgan fingerprint density at radius 1 is 1.41 bits per heavy atom. The zero-order valence-electron chi connectivity index (χ0n) is 9.00. The number of aliphatic hydroxyl groups excluding tert-OH is 1. The molecule has 0 aliphatic rings. The van der Waals surface area contributed by atoms with Crippen LogP contribution in [0.2, 0.25) is 0 Å². The molecule has 2 rings (SSSR count). The first-order chi connectivity index (χ1) is 8.29. The number of rotatable bonds is 5. The molecule has 1 unspecified atom stereocenters. The second-order valence-electron chi connectivity index (χ2n) is 3.39. The van der Waals surface area contributed by atoms with Crippen molar-refractivity contribution in [1.29, 1.82) is 0 Å². The maximum absolute atomic E-state index is 9.85. The number of aromatic nitrogens is 2. The standard InChI is InChI=1S/C10H13N5OS/c11-15-10-5-12-4-9(14-10)13-3-8(16)7-1-2-17-6-7/h1-2,4-6,8,16H,3,11H2,(H2,13,14,15). The molecule has 0 aliphatic carbocycles. The molecule has 17 heavy (non-hydrogen) atoms. The fourth-order valence-corrected chi connectivity index (χ4v) is 2.01. The Balaban J connectivity index is 1.93. The lowest BCUT2D eigenvalue weighted by atomic mass is 10.2. The van der Waals surface area contributed by atoms with Gasteiger partial charge in [-0.15, -0.1) is 0 Å². The van der Waals surface area contributed by atoms with Gasteiger partial charge in [-0.3, -0.25) is 4.98 Å². The molecule has 2 aromatic rings. The van der Waals surface area contributed by atoms with E-state index in [9.17, 15) is 5.11 Å². The molecular weight excluding hydrogens is 238 g/mol. The van der Waals surface area contributed by atoms with E-state index in [4.69, 9.17) is 5.84 Å². The Morgan fingerprint density at radius 2 is 2.24 bits per heavy atom. The van der Waals surface area contributed by atoms with E-state index in [0.717, 1.165) is 5.56 Å². The van der Waals surface area contributed by atoms with Gasteiger partial charge in [0.25, 0.3) is 0 Å². The Kier molecular flexibility index (Phi) is 3.86. The highest BCUT2D eigenvalue weighted by molar-refractivity contribution is 7.07. The van der Waals surface area contributed by atoms with Gasteiger partial charge in [0.2, 0.25) is 0 Å². The first-order valence-corrected chi connectivity index (χ1v) is 5.96. The molecule has 1 atom stereocenters. The number of aliphatic hydroxyl groups is 1. The average molecular weight is 251 g/mol. The van der Waals surface area contributed by atoms with Crippen molar-refractivity contribution in [3.63, 3.8) is 0 Å². The van der Waals surface area contributed by atoms with E-state index in [1.54, 1.807) is 17.5 Å². The monoisotopic (exact) mass is 251 g/mol. The van der Waals surface area contributed by atoms with Gasteiger partial charge in [0.15, 0.2) is 5.82 Å². The van der Waals surface area contributed by atoms with E-state index in [2.05, 4.69) is 20.7 Å². The molecule has 0 bridgehead atoms. The number of nitrogens with two attached hydrogens (primary N) is 1. The Labute approximate surface area is 103 Å². The molecule has 0 fully saturated rings. The second-order valence-corrected chi connectivity index (χ2v) is 4.17. The molecule has 0 aliphatic heterocycles. The maximum Gasteiger partial charge on any atom is 0.160 e. The van der Waals surface area contributed by atoms with Crippen molar-refractivity contribution in [2.75, 3.05) is 17.3 Å². The van der Waals surface area contributed by atoms with Gasteiger partial charge in [-0.2, -0.15) is 11.3 Å². The minimum absolute atomic E-state index is 0.374. The van der Waals surface area contributed by atoms with E-state index in [0.29, 0.717) is 18.2 Å². The van der Waals surface area contributed by atoms with Crippen molar-refractivity contribution in [2.24, 2.45) is 5.84 Å². The highest BCUT2D eigenvalue weighted by Crippen LogP contribution is 2.16. The molecule has 0 spiro atoms. The van der Waals surface area contributed by atoms with Crippen LogP contribution in [-0.2, 0) is 0 Å². The summed E-state index contributed by atoms with van der Waals surface area (Å²) in [6, 6.07) is 1.89. The van der Waals surface area contributed by atoms with Gasteiger partial charge in [0.05, 0.1) is 18.5 Å². The van der Waals surface area contributed by atoms with E-state index < -0.39 is 6.10 Å². The summed E-state index contributed by atoms with van der Waals surface area (Å²) in [6.07, 6.45) is 2.53. The van der Waals surface area contributed by atoms with Crippen molar-refractivity contribution >= 4 is 23.0 Å². The molecule has 5 N–H and O–H groups in total. The lowest BCUT2D eigenvalue weighted by molar-refractivity contribution is 0.192. The number of hydrogen-bond acceptors (Lipinski definition) is 7. The van der Waals surface area contributed by atoms with Crippen LogP contribution in [0.25, 0.3) is 0 Å². The van der Waals surface area contributed by atoms with Crippen LogP contribution in [0.1, 0.15) is 11.7 Å². The SMILES string of the molecule is NNc1cncc(NCC(O)c2ccsc2)n1. The van der Waals surface area contributed by atoms with Crippen molar-refractivity contribution in [3.05, 3.63) is 34.8 Å². The van der Waals surface area contributed by atoms with Gasteiger partial charge < -0.3 is 15.8 Å². The number of nitrogens with zero attached hydrogens (tertiary/aromatic N) is 2. The van der Waals surface area contributed by atoms with Gasteiger partial charge in [0.1, 0.15) is 5.82 Å². The Morgan fingerprint density at radius 3 is 2.94 bits per heavy atom. The number of hydrazine groups is 1. The molecule has 0 amide bonds. The van der Waals surface area contributed by atoms with Gasteiger partial charge in [-0.1, -0.05) is 0 Å². The van der Waals surface area contributed by atoms with Crippen molar-refractivity contribution in [3.8, 4) is 0 Å². The lowest BCUT2D eigenvalue weighted by Gasteiger charge is -2.11. The summed E-state index contributed by atoms with van der Waals surface area (Å²) in [5, 5.41) is 16.7. The zero-order chi connectivity index (χ0) is 12.1. The molecule has 2 heterocycles. The van der Waals surface area contributed by atoms with Crippen LogP contribution in [0, 0.1) is 0 Å². The van der Waals surface area contributed by atoms with Crippen LogP contribution in [0.5, 0.6) is 0 Å². The number of hydrogen-bond donors (Lipinski definition) is 4. The first kappa shape index (κ1) is 11.8. The highest BCUT2D eigenvalue weighted by Gasteiger charge is 2.07. The maximum atomic E-state index is 9.85. The first-order valence-electron chi connectivity index (χ1n) is 5.02. The Bertz CT molecular complexity index is 461. The molecule has 0 saturated heterocycles.